The van der Waals surface area contributed by atoms with Crippen molar-refractivity contribution in [3.05, 3.63) is 52.7 Å². The quantitative estimate of drug-likeness (QED) is 0.813. The van der Waals surface area contributed by atoms with E-state index in [2.05, 4.69) is 10.3 Å². The predicted octanol–water partition coefficient (Wildman–Crippen LogP) is 0.562. The van der Waals surface area contributed by atoms with E-state index in [0.29, 0.717) is 17.9 Å². The highest BCUT2D eigenvalue weighted by Crippen LogP contribution is 2.12. The molecule has 1 amide bonds. The van der Waals surface area contributed by atoms with E-state index in [0.717, 1.165) is 0 Å². The maximum Gasteiger partial charge on any atom is 0.262 e. The average molecular weight is 303 g/mol. The van der Waals surface area contributed by atoms with Crippen LogP contribution in [0.15, 0.2) is 41.6 Å². The summed E-state index contributed by atoms with van der Waals surface area (Å²) in [6.07, 6.45) is 4.69. The van der Waals surface area contributed by atoms with Gasteiger partial charge in [-0.1, -0.05) is 0 Å². The molecular weight excluding hydrogens is 286 g/mol. The zero-order chi connectivity index (χ0) is 15.9. The normalized spacial score (nSPS) is 10.3. The highest BCUT2D eigenvalue weighted by atomic mass is 16.5. The molecule has 0 aromatic carbocycles. The first-order chi connectivity index (χ1) is 10.6. The van der Waals surface area contributed by atoms with Gasteiger partial charge in [-0.15, -0.1) is 0 Å². The van der Waals surface area contributed by atoms with E-state index in [1.807, 2.05) is 0 Å². The summed E-state index contributed by atoms with van der Waals surface area (Å²) in [4.78, 5) is 27.5. The molecule has 0 spiro atoms. The minimum Gasteiger partial charge on any atom is -0.478 e. The van der Waals surface area contributed by atoms with Gasteiger partial charge in [-0.25, -0.2) is 0 Å². The molecule has 0 aliphatic rings. The lowest BCUT2D eigenvalue weighted by Crippen LogP contribution is -2.24. The van der Waals surface area contributed by atoms with Gasteiger partial charge in [0.1, 0.15) is 0 Å². The van der Waals surface area contributed by atoms with Crippen molar-refractivity contribution in [1.82, 2.24) is 9.55 Å². The third-order valence-corrected chi connectivity index (χ3v) is 3.02. The van der Waals surface area contributed by atoms with Gasteiger partial charge in [0.25, 0.3) is 5.91 Å². The number of aliphatic hydroxyl groups is 1. The second kappa shape index (κ2) is 7.37. The molecule has 0 atom stereocenters. The third kappa shape index (κ3) is 3.92. The van der Waals surface area contributed by atoms with Gasteiger partial charge in [-0.05, 0) is 19.1 Å². The minimum absolute atomic E-state index is 0.0509. The lowest BCUT2D eigenvalue weighted by atomic mass is 10.3. The van der Waals surface area contributed by atoms with Gasteiger partial charge in [-0.3, -0.25) is 14.6 Å². The number of carbonyl (C=O) groups is 1. The molecule has 22 heavy (non-hydrogen) atoms. The Morgan fingerprint density at radius 3 is 2.95 bits per heavy atom. The first-order valence-corrected chi connectivity index (χ1v) is 6.75. The van der Waals surface area contributed by atoms with Crippen molar-refractivity contribution in [1.29, 1.82) is 0 Å². The van der Waals surface area contributed by atoms with Crippen molar-refractivity contribution in [3.8, 4) is 5.75 Å². The molecule has 0 fully saturated rings. The number of pyridine rings is 2. The second-order valence-electron chi connectivity index (χ2n) is 4.59. The Balaban J connectivity index is 2.03. The number of aliphatic hydroxyl groups excluding tert-OH is 1. The van der Waals surface area contributed by atoms with Crippen LogP contribution in [0.3, 0.4) is 0 Å². The largest absolute Gasteiger partial charge is 0.478 e. The third-order valence-electron chi connectivity index (χ3n) is 3.02. The first-order valence-electron chi connectivity index (χ1n) is 6.75. The fourth-order valence-electron chi connectivity index (χ4n) is 1.95. The molecule has 0 unspecified atom stereocenters. The van der Waals surface area contributed by atoms with E-state index in [9.17, 15) is 9.59 Å². The Kier molecular flexibility index (Phi) is 5.26. The van der Waals surface area contributed by atoms with Crippen LogP contribution >= 0.6 is 0 Å². The van der Waals surface area contributed by atoms with Crippen LogP contribution in [0.4, 0.5) is 5.69 Å². The van der Waals surface area contributed by atoms with Crippen LogP contribution < -0.4 is 15.5 Å². The Morgan fingerprint density at radius 2 is 2.27 bits per heavy atom. The molecule has 0 bridgehead atoms. The van der Waals surface area contributed by atoms with Crippen LogP contribution in [-0.4, -0.2) is 33.8 Å². The zero-order valence-electron chi connectivity index (χ0n) is 12.2. The number of nitrogens with one attached hydrogen (secondary N) is 1. The van der Waals surface area contributed by atoms with Crippen molar-refractivity contribution >= 4 is 11.6 Å². The SMILES string of the molecule is Cc1c(OCC(=O)Nc2cccnc2)c(=O)ccn1CCO. The molecule has 116 valence electrons. The zero-order valence-corrected chi connectivity index (χ0v) is 12.2. The molecule has 7 nitrogen and oxygen atoms in total. The van der Waals surface area contributed by atoms with E-state index < -0.39 is 0 Å². The van der Waals surface area contributed by atoms with Gasteiger partial charge in [-0.2, -0.15) is 0 Å². The predicted molar refractivity (Wildman–Crippen MR) is 80.9 cm³/mol. The average Bonchev–Trinajstić information content (AvgIpc) is 2.51. The number of rotatable bonds is 6. The van der Waals surface area contributed by atoms with Gasteiger partial charge in [0, 0.05) is 25.0 Å². The lowest BCUT2D eigenvalue weighted by Gasteiger charge is -2.13. The number of hydrogen-bond donors (Lipinski definition) is 2. The van der Waals surface area contributed by atoms with Crippen LogP contribution in [0.5, 0.6) is 5.75 Å². The lowest BCUT2D eigenvalue weighted by molar-refractivity contribution is -0.118. The monoisotopic (exact) mass is 303 g/mol. The Labute approximate surface area is 127 Å². The molecular formula is C15H17N3O4. The minimum atomic E-state index is -0.385. The summed E-state index contributed by atoms with van der Waals surface area (Å²) in [5.41, 5.74) is 0.815. The Morgan fingerprint density at radius 1 is 1.45 bits per heavy atom. The summed E-state index contributed by atoms with van der Waals surface area (Å²) in [6, 6.07) is 4.75. The molecule has 0 aliphatic heterocycles. The van der Waals surface area contributed by atoms with Crippen molar-refractivity contribution < 1.29 is 14.6 Å². The topological polar surface area (TPSA) is 93.5 Å². The first kappa shape index (κ1) is 15.7. The molecule has 2 aromatic rings. The number of nitrogens with zero attached hydrogens (tertiary/aromatic N) is 2. The van der Waals surface area contributed by atoms with Crippen LogP contribution in [0.1, 0.15) is 5.69 Å². The van der Waals surface area contributed by atoms with E-state index >= 15 is 0 Å². The molecule has 2 aromatic heterocycles. The number of ether oxygens (including phenoxy) is 1. The number of hydrogen-bond acceptors (Lipinski definition) is 5. The fraction of sp³-hybridized carbons (Fsp3) is 0.267. The molecule has 2 heterocycles. The summed E-state index contributed by atoms with van der Waals surface area (Å²) in [5, 5.41) is 11.6. The van der Waals surface area contributed by atoms with Crippen LogP contribution in [0.25, 0.3) is 0 Å². The fourth-order valence-corrected chi connectivity index (χ4v) is 1.95. The maximum atomic E-state index is 11.8. The van der Waals surface area contributed by atoms with Crippen molar-refractivity contribution in [3.63, 3.8) is 0 Å². The molecule has 0 aliphatic carbocycles. The smallest absolute Gasteiger partial charge is 0.262 e. The summed E-state index contributed by atoms with van der Waals surface area (Å²) in [7, 11) is 0. The summed E-state index contributed by atoms with van der Waals surface area (Å²) >= 11 is 0. The van der Waals surface area contributed by atoms with E-state index in [1.165, 1.54) is 12.3 Å². The summed E-state index contributed by atoms with van der Waals surface area (Å²) in [5.74, 6) is -0.276. The summed E-state index contributed by atoms with van der Waals surface area (Å²) < 4.78 is 7.03. The van der Waals surface area contributed by atoms with Gasteiger partial charge in [0.2, 0.25) is 5.43 Å². The standard InChI is InChI=1S/C15H17N3O4/c1-11-15(13(20)4-6-18(11)7-8-19)22-10-14(21)17-12-3-2-5-16-9-12/h2-6,9,19H,7-8,10H2,1H3,(H,17,21). The van der Waals surface area contributed by atoms with Crippen LogP contribution in [0.2, 0.25) is 0 Å². The number of anilines is 1. The Hall–Kier alpha value is -2.67. The molecule has 0 saturated carbocycles. The number of carbonyl (C=O) groups excluding carboxylic acids is 1. The van der Waals surface area contributed by atoms with Crippen molar-refractivity contribution in [2.45, 2.75) is 13.5 Å². The van der Waals surface area contributed by atoms with Crippen molar-refractivity contribution in [2.75, 3.05) is 18.5 Å². The molecule has 2 rings (SSSR count). The molecule has 0 saturated heterocycles. The molecule has 7 heteroatoms. The second-order valence-corrected chi connectivity index (χ2v) is 4.59. The molecule has 2 N–H and O–H groups in total. The van der Waals surface area contributed by atoms with Crippen molar-refractivity contribution in [2.24, 2.45) is 0 Å². The maximum absolute atomic E-state index is 11.8. The van der Waals surface area contributed by atoms with Crippen LogP contribution in [-0.2, 0) is 11.3 Å². The number of aromatic nitrogens is 2. The van der Waals surface area contributed by atoms with Gasteiger partial charge in [0.15, 0.2) is 12.4 Å². The molecule has 0 radical (unpaired) electrons. The van der Waals surface area contributed by atoms with Gasteiger partial charge >= 0.3 is 0 Å². The highest BCUT2D eigenvalue weighted by Gasteiger charge is 2.11. The van der Waals surface area contributed by atoms with E-state index in [4.69, 9.17) is 9.84 Å². The van der Waals surface area contributed by atoms with Crippen LogP contribution in [0, 0.1) is 6.92 Å². The summed E-state index contributed by atoms with van der Waals surface area (Å²) in [6.45, 7) is 1.72. The number of amides is 1. The Bertz CT molecular complexity index is 698. The van der Waals surface area contributed by atoms with Gasteiger partial charge in [0.05, 0.1) is 24.2 Å². The van der Waals surface area contributed by atoms with E-state index in [-0.39, 0.29) is 30.3 Å². The van der Waals surface area contributed by atoms with E-state index in [1.54, 1.807) is 36.0 Å². The van der Waals surface area contributed by atoms with Gasteiger partial charge < -0.3 is 19.7 Å². The highest BCUT2D eigenvalue weighted by molar-refractivity contribution is 5.91.